The Morgan fingerprint density at radius 3 is 2.62 bits per heavy atom. The van der Waals surface area contributed by atoms with E-state index in [0.29, 0.717) is 22.0 Å². The first kappa shape index (κ1) is 18.3. The maximum absolute atomic E-state index is 11.9. The maximum atomic E-state index is 11.9. The molecule has 0 radical (unpaired) electrons. The number of rotatable bonds is 7. The van der Waals surface area contributed by atoms with Crippen molar-refractivity contribution >= 4 is 33.0 Å². The Kier molecular flexibility index (Phi) is 6.23. The highest BCUT2D eigenvalue weighted by Crippen LogP contribution is 2.17. The van der Waals surface area contributed by atoms with Crippen LogP contribution in [0.5, 0.6) is 5.75 Å². The second-order valence-electron chi connectivity index (χ2n) is 5.37. The van der Waals surface area contributed by atoms with E-state index in [4.69, 9.17) is 16.3 Å². The zero-order valence-electron chi connectivity index (χ0n) is 13.2. The number of hydrogen-bond acceptors (Lipinski definition) is 4. The summed E-state index contributed by atoms with van der Waals surface area (Å²) in [5.74, 6) is 0.327. The fourth-order valence-electron chi connectivity index (χ4n) is 2.08. The van der Waals surface area contributed by atoms with E-state index in [-0.39, 0.29) is 24.7 Å². The fourth-order valence-corrected chi connectivity index (χ4v) is 3.05. The summed E-state index contributed by atoms with van der Waals surface area (Å²) in [6.07, 6.45) is 1.34. The molecule has 0 bridgehead atoms. The molecule has 5 nitrogen and oxygen atoms in total. The molecule has 0 aliphatic rings. The number of amides is 1. The SMILES string of the molecule is CS(=O)(=O)Cc1cccc(NC(=O)CCOc2cccc(Cl)c2)c1. The maximum Gasteiger partial charge on any atom is 0.227 e. The monoisotopic (exact) mass is 367 g/mol. The highest BCUT2D eigenvalue weighted by atomic mass is 35.5. The Labute approximate surface area is 146 Å². The summed E-state index contributed by atoms with van der Waals surface area (Å²) in [6.45, 7) is 0.217. The van der Waals surface area contributed by atoms with Gasteiger partial charge in [0.2, 0.25) is 5.91 Å². The molecule has 0 spiro atoms. The topological polar surface area (TPSA) is 72.5 Å². The molecule has 2 aromatic rings. The first-order valence-electron chi connectivity index (χ1n) is 7.27. The molecule has 0 saturated heterocycles. The van der Waals surface area contributed by atoms with Crippen LogP contribution in [0.3, 0.4) is 0 Å². The average Bonchev–Trinajstić information content (AvgIpc) is 2.45. The summed E-state index contributed by atoms with van der Waals surface area (Å²) >= 11 is 5.85. The van der Waals surface area contributed by atoms with Crippen molar-refractivity contribution in [1.82, 2.24) is 0 Å². The molecule has 0 fully saturated rings. The normalized spacial score (nSPS) is 11.1. The minimum absolute atomic E-state index is 0.0609. The lowest BCUT2D eigenvalue weighted by Crippen LogP contribution is -2.15. The van der Waals surface area contributed by atoms with Crippen molar-refractivity contribution in [2.24, 2.45) is 0 Å². The molecule has 2 aromatic carbocycles. The van der Waals surface area contributed by atoms with Crippen molar-refractivity contribution in [1.29, 1.82) is 0 Å². The Hall–Kier alpha value is -2.05. The fraction of sp³-hybridized carbons (Fsp3) is 0.235. The van der Waals surface area contributed by atoms with E-state index < -0.39 is 9.84 Å². The number of benzene rings is 2. The minimum atomic E-state index is -3.11. The minimum Gasteiger partial charge on any atom is -0.493 e. The van der Waals surface area contributed by atoms with Crippen LogP contribution in [0.1, 0.15) is 12.0 Å². The number of halogens is 1. The summed E-state index contributed by atoms with van der Waals surface area (Å²) in [4.78, 5) is 11.9. The number of hydrogen-bond donors (Lipinski definition) is 1. The Balaban J connectivity index is 1.85. The molecule has 24 heavy (non-hydrogen) atoms. The number of carbonyl (C=O) groups is 1. The van der Waals surface area contributed by atoms with Gasteiger partial charge in [-0.1, -0.05) is 29.8 Å². The van der Waals surface area contributed by atoms with Crippen LogP contribution in [0, 0.1) is 0 Å². The number of ether oxygens (including phenoxy) is 1. The van der Waals surface area contributed by atoms with E-state index in [1.54, 1.807) is 48.5 Å². The van der Waals surface area contributed by atoms with Gasteiger partial charge in [-0.3, -0.25) is 4.79 Å². The predicted octanol–water partition coefficient (Wildman–Crippen LogP) is 3.29. The number of anilines is 1. The zero-order chi connectivity index (χ0) is 17.6. The van der Waals surface area contributed by atoms with E-state index in [2.05, 4.69) is 5.32 Å². The lowest BCUT2D eigenvalue weighted by Gasteiger charge is -2.08. The lowest BCUT2D eigenvalue weighted by molar-refractivity contribution is -0.116. The van der Waals surface area contributed by atoms with Crippen molar-refractivity contribution in [3.63, 3.8) is 0 Å². The third-order valence-electron chi connectivity index (χ3n) is 3.03. The lowest BCUT2D eigenvalue weighted by atomic mass is 10.2. The van der Waals surface area contributed by atoms with E-state index in [1.807, 2.05) is 0 Å². The molecule has 128 valence electrons. The van der Waals surface area contributed by atoms with Crippen LogP contribution in [-0.2, 0) is 20.4 Å². The molecule has 0 heterocycles. The molecular formula is C17H18ClNO4S. The van der Waals surface area contributed by atoms with Crippen LogP contribution in [0.25, 0.3) is 0 Å². The largest absolute Gasteiger partial charge is 0.493 e. The summed E-state index contributed by atoms with van der Waals surface area (Å²) in [5.41, 5.74) is 1.19. The quantitative estimate of drug-likeness (QED) is 0.815. The van der Waals surface area contributed by atoms with Gasteiger partial charge < -0.3 is 10.1 Å². The first-order valence-corrected chi connectivity index (χ1v) is 9.70. The van der Waals surface area contributed by atoms with E-state index in [0.717, 1.165) is 0 Å². The first-order chi connectivity index (χ1) is 11.3. The van der Waals surface area contributed by atoms with Gasteiger partial charge in [-0.2, -0.15) is 0 Å². The van der Waals surface area contributed by atoms with E-state index >= 15 is 0 Å². The predicted molar refractivity (Wildman–Crippen MR) is 95.2 cm³/mol. The van der Waals surface area contributed by atoms with Crippen molar-refractivity contribution in [3.05, 3.63) is 59.1 Å². The molecular weight excluding hydrogens is 350 g/mol. The molecule has 1 amide bonds. The van der Waals surface area contributed by atoms with Crippen LogP contribution < -0.4 is 10.1 Å². The van der Waals surface area contributed by atoms with Crippen molar-refractivity contribution in [3.8, 4) is 5.75 Å². The smallest absolute Gasteiger partial charge is 0.227 e. The van der Waals surface area contributed by atoms with Gasteiger partial charge in [-0.05, 0) is 35.9 Å². The van der Waals surface area contributed by atoms with Gasteiger partial charge >= 0.3 is 0 Å². The van der Waals surface area contributed by atoms with Gasteiger partial charge in [0.05, 0.1) is 18.8 Å². The van der Waals surface area contributed by atoms with Crippen molar-refractivity contribution < 1.29 is 17.9 Å². The van der Waals surface area contributed by atoms with Crippen LogP contribution in [0.2, 0.25) is 5.02 Å². The third-order valence-corrected chi connectivity index (χ3v) is 4.13. The second-order valence-corrected chi connectivity index (χ2v) is 7.95. The third kappa shape index (κ3) is 6.60. The Morgan fingerprint density at radius 1 is 1.17 bits per heavy atom. The highest BCUT2D eigenvalue weighted by Gasteiger charge is 2.07. The van der Waals surface area contributed by atoms with E-state index in [1.165, 1.54) is 6.26 Å². The molecule has 0 saturated carbocycles. The Morgan fingerprint density at radius 2 is 1.92 bits per heavy atom. The molecule has 0 atom stereocenters. The number of carbonyl (C=O) groups excluding carboxylic acids is 1. The van der Waals surface area contributed by atoms with Gasteiger partial charge in [0.1, 0.15) is 5.75 Å². The second kappa shape index (κ2) is 8.17. The number of nitrogens with one attached hydrogen (secondary N) is 1. The van der Waals surface area contributed by atoms with Crippen molar-refractivity contribution in [2.45, 2.75) is 12.2 Å². The van der Waals surface area contributed by atoms with Gasteiger partial charge in [-0.15, -0.1) is 0 Å². The number of sulfone groups is 1. The van der Waals surface area contributed by atoms with Gasteiger partial charge in [0.15, 0.2) is 9.84 Å². The molecule has 1 N–H and O–H groups in total. The zero-order valence-corrected chi connectivity index (χ0v) is 14.7. The van der Waals surface area contributed by atoms with Crippen LogP contribution in [0.4, 0.5) is 5.69 Å². The summed E-state index contributed by atoms with van der Waals surface area (Å²) in [5, 5.41) is 3.30. The molecule has 0 unspecified atom stereocenters. The van der Waals surface area contributed by atoms with Gasteiger partial charge in [-0.25, -0.2) is 8.42 Å². The van der Waals surface area contributed by atoms with Crippen LogP contribution in [0.15, 0.2) is 48.5 Å². The van der Waals surface area contributed by atoms with Crippen molar-refractivity contribution in [2.75, 3.05) is 18.2 Å². The summed E-state index contributed by atoms with van der Waals surface area (Å²) in [6, 6.07) is 13.7. The summed E-state index contributed by atoms with van der Waals surface area (Å²) < 4.78 is 28.1. The van der Waals surface area contributed by atoms with Gasteiger partial charge in [0, 0.05) is 17.0 Å². The van der Waals surface area contributed by atoms with E-state index in [9.17, 15) is 13.2 Å². The molecule has 2 rings (SSSR count). The average molecular weight is 368 g/mol. The molecule has 7 heteroatoms. The van der Waals surface area contributed by atoms with Gasteiger partial charge in [0.25, 0.3) is 0 Å². The molecule has 0 aliphatic carbocycles. The molecule has 0 aliphatic heterocycles. The van der Waals surface area contributed by atoms with Crippen LogP contribution >= 0.6 is 11.6 Å². The standard InChI is InChI=1S/C17H18ClNO4S/c1-24(21,22)12-13-4-2-6-15(10-13)19-17(20)8-9-23-16-7-3-5-14(18)11-16/h2-7,10-11H,8-9,12H2,1H3,(H,19,20). The molecule has 0 aromatic heterocycles. The highest BCUT2D eigenvalue weighted by molar-refractivity contribution is 7.89. The summed E-state index contributed by atoms with van der Waals surface area (Å²) in [7, 11) is -3.11. The van der Waals surface area contributed by atoms with Crippen LogP contribution in [-0.4, -0.2) is 27.2 Å². The Bertz CT molecular complexity index is 821.